The third-order valence-corrected chi connectivity index (χ3v) is 4.35. The van der Waals surface area contributed by atoms with Crippen molar-refractivity contribution in [3.63, 3.8) is 0 Å². The molecule has 5 nitrogen and oxygen atoms in total. The molecule has 23 heavy (non-hydrogen) atoms. The van der Waals surface area contributed by atoms with Crippen LogP contribution in [0, 0.1) is 68.0 Å². The van der Waals surface area contributed by atoms with E-state index in [1.807, 2.05) is 0 Å². The second kappa shape index (κ2) is 13.1. The summed E-state index contributed by atoms with van der Waals surface area (Å²) in [6, 6.07) is 10.8. The van der Waals surface area contributed by atoms with E-state index in [0.29, 0.717) is 51.4 Å². The lowest BCUT2D eigenvalue weighted by Gasteiger charge is -2.36. The number of rotatable bonds is 12. The van der Waals surface area contributed by atoms with Crippen molar-refractivity contribution in [2.75, 3.05) is 0 Å². The number of nitriles is 5. The van der Waals surface area contributed by atoms with Gasteiger partial charge >= 0.3 is 0 Å². The highest BCUT2D eigenvalue weighted by atomic mass is 14.4. The molecule has 5 heteroatoms. The Labute approximate surface area is 139 Å². The van der Waals surface area contributed by atoms with E-state index in [1.54, 1.807) is 0 Å². The zero-order valence-corrected chi connectivity index (χ0v) is 13.6. The van der Waals surface area contributed by atoms with Gasteiger partial charge in [0.05, 0.1) is 30.3 Å². The van der Waals surface area contributed by atoms with Gasteiger partial charge in [-0.05, 0) is 49.9 Å². The van der Waals surface area contributed by atoms with Crippen molar-refractivity contribution in [1.82, 2.24) is 0 Å². The highest BCUT2D eigenvalue weighted by Gasteiger charge is 2.32. The van der Waals surface area contributed by atoms with Gasteiger partial charge in [0, 0.05) is 32.1 Å². The van der Waals surface area contributed by atoms with Crippen molar-refractivity contribution in [1.29, 1.82) is 26.3 Å². The second-order valence-corrected chi connectivity index (χ2v) is 5.94. The minimum Gasteiger partial charge on any atom is -0.198 e. The minimum atomic E-state index is -0.212. The molecule has 0 bridgehead atoms. The van der Waals surface area contributed by atoms with Crippen LogP contribution in [0.4, 0.5) is 0 Å². The molecule has 0 N–H and O–H groups in total. The first kappa shape index (κ1) is 20.5. The number of hydrogen-bond donors (Lipinski definition) is 0. The summed E-state index contributed by atoms with van der Waals surface area (Å²) < 4.78 is 0. The van der Waals surface area contributed by atoms with Gasteiger partial charge in [0.2, 0.25) is 0 Å². The molecule has 0 aliphatic carbocycles. The molecule has 0 aliphatic rings. The van der Waals surface area contributed by atoms with Crippen LogP contribution in [0.5, 0.6) is 0 Å². The largest absolute Gasteiger partial charge is 0.198 e. The number of hydrogen-bond acceptors (Lipinski definition) is 5. The lowest BCUT2D eigenvalue weighted by atomic mass is 9.68. The third-order valence-electron chi connectivity index (χ3n) is 4.35. The summed E-state index contributed by atoms with van der Waals surface area (Å²) in [6.07, 6.45) is 6.34. The van der Waals surface area contributed by atoms with Crippen LogP contribution in [-0.2, 0) is 0 Å². The zero-order valence-electron chi connectivity index (χ0n) is 13.6. The molecule has 0 radical (unpaired) electrons. The first-order valence-electron chi connectivity index (χ1n) is 8.02. The Hall–Kier alpha value is -2.55. The predicted molar refractivity (Wildman–Crippen MR) is 84.8 cm³/mol. The maximum atomic E-state index is 8.93. The molecule has 0 aliphatic heterocycles. The quantitative estimate of drug-likeness (QED) is 0.525. The molecular weight excluding hydrogens is 286 g/mol. The van der Waals surface area contributed by atoms with E-state index in [9.17, 15) is 0 Å². The molecule has 0 fully saturated rings. The Morgan fingerprint density at radius 1 is 0.565 bits per heavy atom. The summed E-state index contributed by atoms with van der Waals surface area (Å²) in [5, 5.41) is 44.4. The standard InChI is InChI=1S/C18H23N5/c19-11-1-6-17(7-2-12-20)16-18(8-3-13-21,9-4-14-22)10-5-15-23/h17H,1-10,16H2. The van der Waals surface area contributed by atoms with Crippen molar-refractivity contribution in [2.24, 2.45) is 11.3 Å². The zero-order chi connectivity index (χ0) is 17.4. The van der Waals surface area contributed by atoms with E-state index < -0.39 is 0 Å². The Morgan fingerprint density at radius 3 is 1.22 bits per heavy atom. The van der Waals surface area contributed by atoms with Crippen LogP contribution in [0.1, 0.15) is 70.6 Å². The van der Waals surface area contributed by atoms with Crippen LogP contribution in [0.3, 0.4) is 0 Å². The third kappa shape index (κ3) is 9.14. The van der Waals surface area contributed by atoms with E-state index in [1.165, 1.54) is 0 Å². The van der Waals surface area contributed by atoms with Gasteiger partial charge in [0.15, 0.2) is 0 Å². The topological polar surface area (TPSA) is 119 Å². The van der Waals surface area contributed by atoms with Crippen LogP contribution in [-0.4, -0.2) is 0 Å². The van der Waals surface area contributed by atoms with Crippen molar-refractivity contribution >= 4 is 0 Å². The molecule has 0 saturated carbocycles. The van der Waals surface area contributed by atoms with Gasteiger partial charge < -0.3 is 0 Å². The van der Waals surface area contributed by atoms with Crippen LogP contribution >= 0.6 is 0 Å². The molecule has 0 aromatic heterocycles. The Balaban J connectivity index is 5.18. The molecule has 0 saturated heterocycles. The van der Waals surface area contributed by atoms with Crippen LogP contribution in [0.15, 0.2) is 0 Å². The summed E-state index contributed by atoms with van der Waals surface area (Å²) >= 11 is 0. The SMILES string of the molecule is N#CCCC(CCC#N)CC(CCC#N)(CCC#N)CCC#N. The molecule has 0 aromatic rings. The van der Waals surface area contributed by atoms with Gasteiger partial charge in [0.1, 0.15) is 0 Å². The van der Waals surface area contributed by atoms with E-state index >= 15 is 0 Å². The van der Waals surface area contributed by atoms with Crippen molar-refractivity contribution in [3.05, 3.63) is 0 Å². The average Bonchev–Trinajstić information content (AvgIpc) is 2.58. The molecule has 0 amide bonds. The number of nitrogens with zero attached hydrogens (tertiary/aromatic N) is 5. The highest BCUT2D eigenvalue weighted by molar-refractivity contribution is 4.92. The minimum absolute atomic E-state index is 0.212. The van der Waals surface area contributed by atoms with Gasteiger partial charge in [-0.1, -0.05) is 0 Å². The average molecular weight is 309 g/mol. The summed E-state index contributed by atoms with van der Waals surface area (Å²) in [7, 11) is 0. The molecule has 0 rings (SSSR count). The maximum Gasteiger partial charge on any atom is 0.0621 e. The molecule has 0 heterocycles. The summed E-state index contributed by atoms with van der Waals surface area (Å²) in [5.74, 6) is 0.227. The molecule has 0 spiro atoms. The monoisotopic (exact) mass is 309 g/mol. The van der Waals surface area contributed by atoms with Gasteiger partial charge in [-0.2, -0.15) is 26.3 Å². The van der Waals surface area contributed by atoms with Crippen molar-refractivity contribution in [3.8, 4) is 30.3 Å². The Morgan fingerprint density at radius 2 is 0.913 bits per heavy atom. The summed E-state index contributed by atoms with van der Waals surface area (Å²) in [4.78, 5) is 0. The van der Waals surface area contributed by atoms with E-state index in [-0.39, 0.29) is 11.3 Å². The Bertz CT molecular complexity index is 469. The van der Waals surface area contributed by atoms with E-state index in [2.05, 4.69) is 30.3 Å². The van der Waals surface area contributed by atoms with Crippen LogP contribution in [0.2, 0.25) is 0 Å². The predicted octanol–water partition coefficient (Wildman–Crippen LogP) is 4.50. The van der Waals surface area contributed by atoms with Crippen LogP contribution < -0.4 is 0 Å². The van der Waals surface area contributed by atoms with Gasteiger partial charge in [0.25, 0.3) is 0 Å². The highest BCUT2D eigenvalue weighted by Crippen LogP contribution is 2.43. The fraction of sp³-hybridized carbons (Fsp3) is 0.722. The fourth-order valence-corrected chi connectivity index (χ4v) is 3.14. The van der Waals surface area contributed by atoms with Gasteiger partial charge in [-0.25, -0.2) is 0 Å². The van der Waals surface area contributed by atoms with Gasteiger partial charge in [-0.15, -0.1) is 0 Å². The molecule has 120 valence electrons. The normalized spacial score (nSPS) is 10.1. The summed E-state index contributed by atoms with van der Waals surface area (Å²) in [6.45, 7) is 0. The maximum absolute atomic E-state index is 8.93. The first-order valence-corrected chi connectivity index (χ1v) is 8.02. The molecular formula is C18H23N5. The van der Waals surface area contributed by atoms with Crippen molar-refractivity contribution in [2.45, 2.75) is 70.6 Å². The van der Waals surface area contributed by atoms with E-state index in [0.717, 1.165) is 19.3 Å². The second-order valence-electron chi connectivity index (χ2n) is 5.94. The Kier molecular flexibility index (Phi) is 11.7. The molecule has 0 unspecified atom stereocenters. The summed E-state index contributed by atoms with van der Waals surface area (Å²) in [5.41, 5.74) is -0.212. The lowest BCUT2D eigenvalue weighted by Crippen LogP contribution is -2.25. The fourth-order valence-electron chi connectivity index (χ4n) is 3.14. The molecule has 0 atom stereocenters. The smallest absolute Gasteiger partial charge is 0.0621 e. The molecule has 0 aromatic carbocycles. The van der Waals surface area contributed by atoms with Crippen LogP contribution in [0.25, 0.3) is 0 Å². The van der Waals surface area contributed by atoms with Gasteiger partial charge in [-0.3, -0.25) is 0 Å². The lowest BCUT2D eigenvalue weighted by molar-refractivity contribution is 0.159. The van der Waals surface area contributed by atoms with E-state index in [4.69, 9.17) is 26.3 Å². The first-order chi connectivity index (χ1) is 11.2. The van der Waals surface area contributed by atoms with Crippen molar-refractivity contribution < 1.29 is 0 Å².